The van der Waals surface area contributed by atoms with Gasteiger partial charge in [0.25, 0.3) is 0 Å². The van der Waals surface area contributed by atoms with Crippen LogP contribution < -0.4 is 0 Å². The van der Waals surface area contributed by atoms with Gasteiger partial charge in [-0.3, -0.25) is 4.79 Å². The highest BCUT2D eigenvalue weighted by Gasteiger charge is 1.99. The van der Waals surface area contributed by atoms with Gasteiger partial charge in [-0.1, -0.05) is 0 Å². The summed E-state index contributed by atoms with van der Waals surface area (Å²) < 4.78 is 24.8. The van der Waals surface area contributed by atoms with E-state index in [1.807, 2.05) is 0 Å². The second-order valence-electron chi connectivity index (χ2n) is 3.61. The van der Waals surface area contributed by atoms with E-state index < -0.39 is 11.9 Å². The Morgan fingerprint density at radius 2 is 1.25 bits per heavy atom. The molecule has 118 valence electrons. The molecule has 0 saturated heterocycles. The molecule has 0 aliphatic rings. The summed E-state index contributed by atoms with van der Waals surface area (Å²) >= 11 is 0. The lowest BCUT2D eigenvalue weighted by atomic mass is 10.5. The SMILES string of the molecule is COC(=O)COCCOCCOCCOCCC(=O)O. The third-order valence-electron chi connectivity index (χ3n) is 2.02. The van der Waals surface area contributed by atoms with E-state index in [1.165, 1.54) is 7.11 Å². The van der Waals surface area contributed by atoms with E-state index in [-0.39, 0.29) is 19.6 Å². The predicted octanol–water partition coefficient (Wildman–Crippen LogP) is -0.299. The Morgan fingerprint density at radius 1 is 0.800 bits per heavy atom. The van der Waals surface area contributed by atoms with Crippen molar-refractivity contribution >= 4 is 11.9 Å². The van der Waals surface area contributed by atoms with E-state index in [0.717, 1.165) is 0 Å². The standard InChI is InChI=1S/C12H22O8/c1-16-12(15)10-20-9-8-19-7-6-18-5-4-17-3-2-11(13)14/h2-10H2,1H3,(H,13,14). The smallest absolute Gasteiger partial charge is 0.331 e. The number of carboxylic acids is 1. The van der Waals surface area contributed by atoms with E-state index in [2.05, 4.69) is 4.74 Å². The van der Waals surface area contributed by atoms with Crippen molar-refractivity contribution in [2.45, 2.75) is 6.42 Å². The summed E-state index contributed by atoms with van der Waals surface area (Å²) in [5.41, 5.74) is 0. The molecule has 20 heavy (non-hydrogen) atoms. The maximum atomic E-state index is 10.7. The van der Waals surface area contributed by atoms with Crippen molar-refractivity contribution in [2.24, 2.45) is 0 Å². The number of hydrogen-bond donors (Lipinski definition) is 1. The highest BCUT2D eigenvalue weighted by molar-refractivity contribution is 5.70. The average Bonchev–Trinajstić information content (AvgIpc) is 2.43. The van der Waals surface area contributed by atoms with Crippen LogP contribution >= 0.6 is 0 Å². The molecule has 1 N–H and O–H groups in total. The zero-order valence-electron chi connectivity index (χ0n) is 11.7. The molecule has 0 heterocycles. The molecule has 0 atom stereocenters. The zero-order valence-corrected chi connectivity index (χ0v) is 11.7. The highest BCUT2D eigenvalue weighted by atomic mass is 16.6. The van der Waals surface area contributed by atoms with Crippen LogP contribution in [0.2, 0.25) is 0 Å². The molecule has 0 unspecified atom stereocenters. The van der Waals surface area contributed by atoms with Crippen LogP contribution in [0.5, 0.6) is 0 Å². The second-order valence-corrected chi connectivity index (χ2v) is 3.61. The van der Waals surface area contributed by atoms with Crippen LogP contribution in [-0.2, 0) is 33.3 Å². The van der Waals surface area contributed by atoms with E-state index in [9.17, 15) is 9.59 Å². The first-order valence-electron chi connectivity index (χ1n) is 6.26. The lowest BCUT2D eigenvalue weighted by Crippen LogP contribution is -2.15. The zero-order chi connectivity index (χ0) is 15.1. The van der Waals surface area contributed by atoms with Gasteiger partial charge in [0.1, 0.15) is 6.61 Å². The monoisotopic (exact) mass is 294 g/mol. The van der Waals surface area contributed by atoms with Gasteiger partial charge in [0.2, 0.25) is 0 Å². The number of carboxylic acid groups (broad SMARTS) is 1. The number of carbonyl (C=O) groups is 2. The Kier molecular flexibility index (Phi) is 13.3. The Bertz CT molecular complexity index is 256. The molecule has 8 nitrogen and oxygen atoms in total. The Hall–Kier alpha value is -1.22. The number of esters is 1. The Morgan fingerprint density at radius 3 is 1.70 bits per heavy atom. The van der Waals surface area contributed by atoms with Gasteiger partial charge in [0.05, 0.1) is 59.8 Å². The summed E-state index contributed by atoms with van der Waals surface area (Å²) in [5, 5.41) is 8.36. The minimum absolute atomic E-state index is 0.00527. The fraction of sp³-hybridized carbons (Fsp3) is 0.833. The van der Waals surface area contributed by atoms with Crippen LogP contribution in [0.1, 0.15) is 6.42 Å². The number of methoxy groups -OCH3 is 1. The van der Waals surface area contributed by atoms with Crippen molar-refractivity contribution in [3.05, 3.63) is 0 Å². The van der Waals surface area contributed by atoms with E-state index in [0.29, 0.717) is 39.6 Å². The van der Waals surface area contributed by atoms with Crippen molar-refractivity contribution in [1.29, 1.82) is 0 Å². The molecule has 0 rings (SSSR count). The van der Waals surface area contributed by atoms with Crippen molar-refractivity contribution < 1.29 is 38.4 Å². The summed E-state index contributed by atoms with van der Waals surface area (Å²) in [5.74, 6) is -1.30. The van der Waals surface area contributed by atoms with Gasteiger partial charge in [0.15, 0.2) is 0 Å². The van der Waals surface area contributed by atoms with Gasteiger partial charge in [0, 0.05) is 0 Å². The molecule has 0 aromatic rings. The predicted molar refractivity (Wildman–Crippen MR) is 67.5 cm³/mol. The molecule has 0 saturated carbocycles. The van der Waals surface area contributed by atoms with Gasteiger partial charge in [-0.25, -0.2) is 4.79 Å². The molecule has 8 heteroatoms. The third kappa shape index (κ3) is 14.8. The minimum atomic E-state index is -0.881. The maximum absolute atomic E-state index is 10.7. The molecule has 0 aromatic carbocycles. The highest BCUT2D eigenvalue weighted by Crippen LogP contribution is 1.85. The molecule has 0 amide bonds. The van der Waals surface area contributed by atoms with Crippen LogP contribution in [0.3, 0.4) is 0 Å². The topological polar surface area (TPSA) is 101 Å². The maximum Gasteiger partial charge on any atom is 0.331 e. The normalized spacial score (nSPS) is 10.4. The number of ether oxygens (including phenoxy) is 5. The fourth-order valence-corrected chi connectivity index (χ4v) is 1.03. The second kappa shape index (κ2) is 14.2. The minimum Gasteiger partial charge on any atom is -0.481 e. The van der Waals surface area contributed by atoms with Crippen LogP contribution in [0.4, 0.5) is 0 Å². The number of carbonyl (C=O) groups excluding carboxylic acids is 1. The van der Waals surface area contributed by atoms with E-state index in [1.54, 1.807) is 0 Å². The first-order chi connectivity index (χ1) is 9.66. The molecule has 0 aliphatic heterocycles. The summed E-state index contributed by atoms with van der Waals surface area (Å²) in [7, 11) is 1.30. The van der Waals surface area contributed by atoms with Crippen LogP contribution in [-0.4, -0.2) is 77.0 Å². The van der Waals surface area contributed by atoms with Crippen LogP contribution in [0.15, 0.2) is 0 Å². The lowest BCUT2D eigenvalue weighted by molar-refractivity contribution is -0.146. The summed E-state index contributed by atoms with van der Waals surface area (Å²) in [6.07, 6.45) is -0.00527. The molecule has 0 spiro atoms. The largest absolute Gasteiger partial charge is 0.481 e. The molecule has 0 fully saturated rings. The van der Waals surface area contributed by atoms with Crippen molar-refractivity contribution in [3.63, 3.8) is 0 Å². The van der Waals surface area contributed by atoms with Gasteiger partial charge in [-0.2, -0.15) is 0 Å². The van der Waals surface area contributed by atoms with Crippen molar-refractivity contribution in [2.75, 3.05) is 60.0 Å². The first kappa shape index (κ1) is 18.8. The number of hydrogen-bond acceptors (Lipinski definition) is 7. The fourth-order valence-electron chi connectivity index (χ4n) is 1.03. The molecule has 0 aromatic heterocycles. The molecule has 0 aliphatic carbocycles. The quantitative estimate of drug-likeness (QED) is 0.344. The number of rotatable bonds is 14. The van der Waals surface area contributed by atoms with Crippen LogP contribution in [0, 0.1) is 0 Å². The number of aliphatic carboxylic acids is 1. The van der Waals surface area contributed by atoms with Gasteiger partial charge >= 0.3 is 11.9 Å². The third-order valence-corrected chi connectivity index (χ3v) is 2.02. The molecule has 0 bridgehead atoms. The summed E-state index contributed by atoms with van der Waals surface area (Å²) in [6, 6.07) is 0. The molecule has 0 radical (unpaired) electrons. The lowest BCUT2D eigenvalue weighted by Gasteiger charge is -2.06. The van der Waals surface area contributed by atoms with Crippen molar-refractivity contribution in [1.82, 2.24) is 0 Å². The van der Waals surface area contributed by atoms with Crippen LogP contribution in [0.25, 0.3) is 0 Å². The summed E-state index contributed by atoms with van der Waals surface area (Å²) in [4.78, 5) is 20.9. The van der Waals surface area contributed by atoms with E-state index >= 15 is 0 Å². The van der Waals surface area contributed by atoms with Gasteiger partial charge in [-0.05, 0) is 0 Å². The van der Waals surface area contributed by atoms with Gasteiger partial charge in [-0.15, -0.1) is 0 Å². The van der Waals surface area contributed by atoms with Crippen molar-refractivity contribution in [3.8, 4) is 0 Å². The Labute approximate surface area is 117 Å². The Balaban J connectivity index is 3.03. The van der Waals surface area contributed by atoms with E-state index in [4.69, 9.17) is 24.1 Å². The average molecular weight is 294 g/mol. The summed E-state index contributed by atoms with van der Waals surface area (Å²) in [6.45, 7) is 2.37. The molecular formula is C12H22O8. The first-order valence-corrected chi connectivity index (χ1v) is 6.26. The van der Waals surface area contributed by atoms with Gasteiger partial charge < -0.3 is 28.8 Å². The molecular weight excluding hydrogens is 272 g/mol.